The Labute approximate surface area is 131 Å². The Kier molecular flexibility index (Phi) is 3.75. The summed E-state index contributed by atoms with van der Waals surface area (Å²) in [5, 5.41) is 4.22. The first-order chi connectivity index (χ1) is 10.2. The number of benzene rings is 2. The molecule has 0 saturated carbocycles. The molecule has 1 heterocycles. The summed E-state index contributed by atoms with van der Waals surface area (Å²) < 4.78 is 2.70. The molecule has 3 rings (SSSR count). The van der Waals surface area contributed by atoms with Crippen LogP contribution in [0.15, 0.2) is 53.5 Å². The Morgan fingerprint density at radius 3 is 2.62 bits per heavy atom. The molecule has 5 heteroatoms. The van der Waals surface area contributed by atoms with E-state index in [1.54, 1.807) is 11.0 Å². The smallest absolute Gasteiger partial charge is 0.138 e. The Morgan fingerprint density at radius 1 is 1.24 bits per heavy atom. The highest BCUT2D eigenvalue weighted by molar-refractivity contribution is 9.10. The van der Waals surface area contributed by atoms with Crippen molar-refractivity contribution < 1.29 is 0 Å². The summed E-state index contributed by atoms with van der Waals surface area (Å²) in [4.78, 5) is 4.02. The van der Waals surface area contributed by atoms with Crippen molar-refractivity contribution in [2.45, 2.75) is 13.3 Å². The van der Waals surface area contributed by atoms with Crippen LogP contribution in [0.3, 0.4) is 0 Å². The van der Waals surface area contributed by atoms with Gasteiger partial charge in [-0.05, 0) is 34.0 Å². The number of rotatable bonds is 3. The SMILES string of the molecule is CCc1c(N)c(-c2ccccc2)cc(Br)c1-n1cncn1. The Hall–Kier alpha value is -2.14. The zero-order valence-corrected chi connectivity index (χ0v) is 13.2. The van der Waals surface area contributed by atoms with Crippen LogP contribution in [0.5, 0.6) is 0 Å². The van der Waals surface area contributed by atoms with E-state index in [-0.39, 0.29) is 0 Å². The summed E-state index contributed by atoms with van der Waals surface area (Å²) in [7, 11) is 0. The molecule has 0 fully saturated rings. The van der Waals surface area contributed by atoms with Crippen LogP contribution < -0.4 is 5.73 Å². The highest BCUT2D eigenvalue weighted by atomic mass is 79.9. The summed E-state index contributed by atoms with van der Waals surface area (Å²) >= 11 is 3.65. The molecule has 0 aliphatic carbocycles. The van der Waals surface area contributed by atoms with Gasteiger partial charge in [-0.15, -0.1) is 0 Å². The fraction of sp³-hybridized carbons (Fsp3) is 0.125. The van der Waals surface area contributed by atoms with Gasteiger partial charge in [-0.1, -0.05) is 37.3 Å². The van der Waals surface area contributed by atoms with Crippen molar-refractivity contribution in [2.24, 2.45) is 0 Å². The second-order valence-corrected chi connectivity index (χ2v) is 5.56. The summed E-state index contributed by atoms with van der Waals surface area (Å²) in [6.45, 7) is 2.09. The van der Waals surface area contributed by atoms with Gasteiger partial charge >= 0.3 is 0 Å². The van der Waals surface area contributed by atoms with Gasteiger partial charge in [0, 0.05) is 21.3 Å². The molecule has 3 aromatic rings. The Balaban J connectivity index is 2.26. The average Bonchev–Trinajstić information content (AvgIpc) is 3.03. The highest BCUT2D eigenvalue weighted by Crippen LogP contribution is 2.37. The van der Waals surface area contributed by atoms with Crippen molar-refractivity contribution in [3.63, 3.8) is 0 Å². The van der Waals surface area contributed by atoms with E-state index in [2.05, 4.69) is 45.1 Å². The van der Waals surface area contributed by atoms with Gasteiger partial charge in [0.25, 0.3) is 0 Å². The maximum absolute atomic E-state index is 6.42. The molecule has 0 aliphatic rings. The second kappa shape index (κ2) is 5.69. The van der Waals surface area contributed by atoms with E-state index >= 15 is 0 Å². The minimum atomic E-state index is 0.789. The van der Waals surface area contributed by atoms with E-state index in [4.69, 9.17) is 5.73 Å². The number of nitrogens with two attached hydrogens (primary N) is 1. The second-order valence-electron chi connectivity index (χ2n) is 4.71. The van der Waals surface area contributed by atoms with Crippen LogP contribution in [0.1, 0.15) is 12.5 Å². The van der Waals surface area contributed by atoms with Gasteiger partial charge in [-0.2, -0.15) is 5.10 Å². The largest absolute Gasteiger partial charge is 0.398 e. The average molecular weight is 343 g/mol. The lowest BCUT2D eigenvalue weighted by atomic mass is 9.97. The van der Waals surface area contributed by atoms with Crippen molar-refractivity contribution >= 4 is 21.6 Å². The molecular formula is C16H15BrN4. The molecule has 0 atom stereocenters. The summed E-state index contributed by atoms with van der Waals surface area (Å²) in [5.41, 5.74) is 11.4. The first-order valence-electron chi connectivity index (χ1n) is 6.73. The van der Waals surface area contributed by atoms with Gasteiger partial charge in [0.05, 0.1) is 5.69 Å². The van der Waals surface area contributed by atoms with Crippen LogP contribution in [0, 0.1) is 0 Å². The number of nitrogen functional groups attached to an aromatic ring is 1. The number of hydrogen-bond acceptors (Lipinski definition) is 3. The van der Waals surface area contributed by atoms with E-state index < -0.39 is 0 Å². The third kappa shape index (κ3) is 2.45. The minimum absolute atomic E-state index is 0.789. The molecule has 106 valence electrons. The number of aromatic nitrogens is 3. The first-order valence-corrected chi connectivity index (χ1v) is 7.53. The molecule has 0 unspecified atom stereocenters. The Bertz CT molecular complexity index is 752. The van der Waals surface area contributed by atoms with Crippen LogP contribution in [0.2, 0.25) is 0 Å². The molecule has 0 aliphatic heterocycles. The molecule has 2 N–H and O–H groups in total. The van der Waals surface area contributed by atoms with Gasteiger partial charge in [-0.25, -0.2) is 9.67 Å². The highest BCUT2D eigenvalue weighted by Gasteiger charge is 2.16. The van der Waals surface area contributed by atoms with Crippen molar-refractivity contribution in [1.82, 2.24) is 14.8 Å². The topological polar surface area (TPSA) is 56.7 Å². The standard InChI is InChI=1S/C16H15BrN4/c1-2-12-15(18)13(11-6-4-3-5-7-11)8-14(17)16(12)21-10-19-9-20-21/h3-10H,2,18H2,1H3. The first kappa shape index (κ1) is 13.8. The van der Waals surface area contributed by atoms with Crippen LogP contribution in [-0.4, -0.2) is 14.8 Å². The molecule has 0 spiro atoms. The van der Waals surface area contributed by atoms with Gasteiger partial charge in [0.2, 0.25) is 0 Å². The number of halogens is 1. The summed E-state index contributed by atoms with van der Waals surface area (Å²) in [6.07, 6.45) is 4.02. The lowest BCUT2D eigenvalue weighted by Gasteiger charge is -2.17. The van der Waals surface area contributed by atoms with Crippen LogP contribution in [0.25, 0.3) is 16.8 Å². The van der Waals surface area contributed by atoms with E-state index in [9.17, 15) is 0 Å². The van der Waals surface area contributed by atoms with Crippen molar-refractivity contribution in [3.8, 4) is 16.8 Å². The third-order valence-electron chi connectivity index (χ3n) is 3.48. The third-order valence-corrected chi connectivity index (χ3v) is 4.09. The molecule has 21 heavy (non-hydrogen) atoms. The van der Waals surface area contributed by atoms with Crippen LogP contribution in [-0.2, 0) is 6.42 Å². The maximum atomic E-state index is 6.42. The van der Waals surface area contributed by atoms with Gasteiger partial charge in [0.15, 0.2) is 0 Å². The summed E-state index contributed by atoms with van der Waals surface area (Å²) in [5.74, 6) is 0. The van der Waals surface area contributed by atoms with Crippen LogP contribution in [0.4, 0.5) is 5.69 Å². The number of nitrogens with zero attached hydrogens (tertiary/aromatic N) is 3. The minimum Gasteiger partial charge on any atom is -0.398 e. The Morgan fingerprint density at radius 2 is 2.00 bits per heavy atom. The lowest BCUT2D eigenvalue weighted by Crippen LogP contribution is -2.06. The van der Waals surface area contributed by atoms with Gasteiger partial charge < -0.3 is 5.73 Å². The van der Waals surface area contributed by atoms with Crippen molar-refractivity contribution in [1.29, 1.82) is 0 Å². The van der Waals surface area contributed by atoms with E-state index in [1.807, 2.05) is 24.3 Å². The van der Waals surface area contributed by atoms with Gasteiger partial charge in [0.1, 0.15) is 12.7 Å². The van der Waals surface area contributed by atoms with Gasteiger partial charge in [-0.3, -0.25) is 0 Å². The summed E-state index contributed by atoms with van der Waals surface area (Å²) in [6, 6.07) is 12.2. The predicted molar refractivity (Wildman–Crippen MR) is 88.3 cm³/mol. The molecule has 0 amide bonds. The zero-order valence-electron chi connectivity index (χ0n) is 11.6. The molecule has 2 aromatic carbocycles. The van der Waals surface area contributed by atoms with Crippen molar-refractivity contribution in [2.75, 3.05) is 5.73 Å². The maximum Gasteiger partial charge on any atom is 0.138 e. The number of anilines is 1. The predicted octanol–water partition coefficient (Wildman–Crippen LogP) is 3.84. The van der Waals surface area contributed by atoms with Crippen LogP contribution >= 0.6 is 15.9 Å². The monoisotopic (exact) mass is 342 g/mol. The molecule has 0 radical (unpaired) electrons. The fourth-order valence-corrected chi connectivity index (χ4v) is 3.14. The molecular weight excluding hydrogens is 328 g/mol. The lowest BCUT2D eigenvalue weighted by molar-refractivity contribution is 0.858. The molecule has 0 bridgehead atoms. The molecule has 4 nitrogen and oxygen atoms in total. The molecule has 1 aromatic heterocycles. The number of hydrogen-bond donors (Lipinski definition) is 1. The fourth-order valence-electron chi connectivity index (χ4n) is 2.49. The van der Waals surface area contributed by atoms with E-state index in [0.717, 1.165) is 39.0 Å². The van der Waals surface area contributed by atoms with E-state index in [1.165, 1.54) is 6.33 Å². The quantitative estimate of drug-likeness (QED) is 0.735. The zero-order chi connectivity index (χ0) is 14.8. The van der Waals surface area contributed by atoms with E-state index in [0.29, 0.717) is 0 Å². The normalized spacial score (nSPS) is 10.8. The van der Waals surface area contributed by atoms with Crippen molar-refractivity contribution in [3.05, 3.63) is 59.1 Å². The molecule has 0 saturated heterocycles.